The van der Waals surface area contributed by atoms with Gasteiger partial charge in [0.1, 0.15) is 0 Å². The van der Waals surface area contributed by atoms with E-state index in [1.54, 1.807) is 12.4 Å². The molecule has 0 bridgehead atoms. The molecule has 0 aliphatic carbocycles. The van der Waals surface area contributed by atoms with Gasteiger partial charge in [-0.3, -0.25) is 15.0 Å². The largest absolute Gasteiger partial charge is 0.264 e. The van der Waals surface area contributed by atoms with Gasteiger partial charge in [-0.25, -0.2) is 0 Å². The van der Waals surface area contributed by atoms with Gasteiger partial charge in [0.2, 0.25) is 0 Å². The summed E-state index contributed by atoms with van der Waals surface area (Å²) in [5, 5.41) is 0. The molecule has 0 N–H and O–H groups in total. The summed E-state index contributed by atoms with van der Waals surface area (Å²) in [6, 6.07) is 34.4. The minimum Gasteiger partial charge on any atom is -0.264 e. The zero-order chi connectivity index (χ0) is 28.7. The van der Waals surface area contributed by atoms with Gasteiger partial charge in [0.25, 0.3) is 0 Å². The standard InChI is InChI=1S/C39H31N3/c1-3-9-28(4-2)34-19-35(21-37(20-34)31-12-6-15-40-25-31)29-10-5-11-30(18-29)36-22-38(32-13-7-16-41-26-32)24-39(23-36)33-14-8-17-42-27-33/h4-27H,2-3H2,1H3/b28-9+. The van der Waals surface area contributed by atoms with Crippen LogP contribution in [0, 0.1) is 0 Å². The van der Waals surface area contributed by atoms with Gasteiger partial charge in [0.15, 0.2) is 0 Å². The van der Waals surface area contributed by atoms with Crippen molar-refractivity contribution in [2.24, 2.45) is 0 Å². The van der Waals surface area contributed by atoms with Crippen molar-refractivity contribution < 1.29 is 0 Å². The molecule has 6 aromatic rings. The van der Waals surface area contributed by atoms with Gasteiger partial charge in [0.05, 0.1) is 0 Å². The number of aromatic nitrogens is 3. The van der Waals surface area contributed by atoms with E-state index < -0.39 is 0 Å². The Balaban J connectivity index is 1.50. The smallest absolute Gasteiger partial charge is 0.0346 e. The first-order valence-corrected chi connectivity index (χ1v) is 14.2. The van der Waals surface area contributed by atoms with Crippen molar-refractivity contribution in [3.05, 3.63) is 159 Å². The van der Waals surface area contributed by atoms with Crippen molar-refractivity contribution in [3.63, 3.8) is 0 Å². The molecular weight excluding hydrogens is 510 g/mol. The monoisotopic (exact) mass is 541 g/mol. The van der Waals surface area contributed by atoms with Crippen LogP contribution < -0.4 is 0 Å². The Morgan fingerprint density at radius 3 is 1.31 bits per heavy atom. The van der Waals surface area contributed by atoms with Crippen LogP contribution in [-0.4, -0.2) is 15.0 Å². The van der Waals surface area contributed by atoms with Gasteiger partial charge in [-0.1, -0.05) is 62.1 Å². The Hall–Kier alpha value is -5.41. The minimum absolute atomic E-state index is 0.940. The van der Waals surface area contributed by atoms with Crippen LogP contribution >= 0.6 is 0 Å². The lowest BCUT2D eigenvalue weighted by Gasteiger charge is -2.14. The Morgan fingerprint density at radius 2 is 0.905 bits per heavy atom. The summed E-state index contributed by atoms with van der Waals surface area (Å²) >= 11 is 0. The Labute approximate surface area is 247 Å². The van der Waals surface area contributed by atoms with E-state index in [0.717, 1.165) is 73.2 Å². The average Bonchev–Trinajstić information content (AvgIpc) is 3.08. The molecule has 3 heterocycles. The summed E-state index contributed by atoms with van der Waals surface area (Å²) in [5.41, 5.74) is 13.5. The number of pyridine rings is 3. The van der Waals surface area contributed by atoms with Crippen LogP contribution in [-0.2, 0) is 0 Å². The molecule has 0 fully saturated rings. The second-order valence-electron chi connectivity index (χ2n) is 10.2. The Morgan fingerprint density at radius 1 is 0.524 bits per heavy atom. The quantitative estimate of drug-likeness (QED) is 0.180. The van der Waals surface area contributed by atoms with Gasteiger partial charge < -0.3 is 0 Å². The first-order valence-electron chi connectivity index (χ1n) is 14.2. The van der Waals surface area contributed by atoms with Crippen LogP contribution in [0.15, 0.2) is 153 Å². The average molecular weight is 542 g/mol. The molecule has 202 valence electrons. The molecule has 0 aliphatic heterocycles. The van der Waals surface area contributed by atoms with Crippen molar-refractivity contribution in [1.82, 2.24) is 15.0 Å². The second kappa shape index (κ2) is 12.4. The molecule has 0 saturated carbocycles. The van der Waals surface area contributed by atoms with Crippen LogP contribution in [0.4, 0.5) is 0 Å². The zero-order valence-corrected chi connectivity index (χ0v) is 23.6. The highest BCUT2D eigenvalue weighted by Crippen LogP contribution is 2.36. The van der Waals surface area contributed by atoms with Crippen LogP contribution in [0.1, 0.15) is 18.9 Å². The Kier molecular flexibility index (Phi) is 7.91. The summed E-state index contributed by atoms with van der Waals surface area (Å²) in [6.07, 6.45) is 16.3. The van der Waals surface area contributed by atoms with E-state index in [4.69, 9.17) is 0 Å². The molecule has 0 atom stereocenters. The van der Waals surface area contributed by atoms with Crippen molar-refractivity contribution in [2.45, 2.75) is 13.3 Å². The van der Waals surface area contributed by atoms with Crippen LogP contribution in [0.5, 0.6) is 0 Å². The van der Waals surface area contributed by atoms with E-state index in [1.165, 1.54) is 0 Å². The minimum atomic E-state index is 0.940. The summed E-state index contributed by atoms with van der Waals surface area (Å²) < 4.78 is 0. The fourth-order valence-electron chi connectivity index (χ4n) is 5.27. The predicted octanol–water partition coefficient (Wildman–Crippen LogP) is 10.2. The van der Waals surface area contributed by atoms with Gasteiger partial charge in [0, 0.05) is 53.9 Å². The van der Waals surface area contributed by atoms with E-state index in [0.29, 0.717) is 0 Å². The highest BCUT2D eigenvalue weighted by atomic mass is 14.6. The lowest BCUT2D eigenvalue weighted by atomic mass is 9.91. The van der Waals surface area contributed by atoms with Gasteiger partial charge in [-0.05, 0) is 117 Å². The fraction of sp³-hybridized carbons (Fsp3) is 0.0513. The van der Waals surface area contributed by atoms with E-state index in [1.807, 2.05) is 49.1 Å². The third-order valence-electron chi connectivity index (χ3n) is 7.36. The summed E-state index contributed by atoms with van der Waals surface area (Å²) in [4.78, 5) is 13.1. The maximum Gasteiger partial charge on any atom is 0.0346 e. The molecule has 3 aromatic heterocycles. The van der Waals surface area contributed by atoms with Crippen molar-refractivity contribution in [2.75, 3.05) is 0 Å². The van der Waals surface area contributed by atoms with Crippen molar-refractivity contribution >= 4 is 5.57 Å². The number of nitrogens with zero attached hydrogens (tertiary/aromatic N) is 3. The van der Waals surface area contributed by atoms with Gasteiger partial charge in [-0.15, -0.1) is 0 Å². The van der Waals surface area contributed by atoms with Crippen molar-refractivity contribution in [1.29, 1.82) is 0 Å². The first-order chi connectivity index (χ1) is 20.7. The molecule has 0 amide bonds. The number of hydrogen-bond donors (Lipinski definition) is 0. The van der Waals surface area contributed by atoms with E-state index in [2.05, 4.69) is 113 Å². The fourth-order valence-corrected chi connectivity index (χ4v) is 5.27. The number of rotatable bonds is 8. The molecule has 0 radical (unpaired) electrons. The van der Waals surface area contributed by atoms with Gasteiger partial charge in [-0.2, -0.15) is 0 Å². The van der Waals surface area contributed by atoms with Crippen LogP contribution in [0.3, 0.4) is 0 Å². The summed E-state index contributed by atoms with van der Waals surface area (Å²) in [6.45, 7) is 6.24. The summed E-state index contributed by atoms with van der Waals surface area (Å²) in [7, 11) is 0. The molecular formula is C39H31N3. The molecule has 42 heavy (non-hydrogen) atoms. The number of benzene rings is 3. The van der Waals surface area contributed by atoms with Crippen LogP contribution in [0.2, 0.25) is 0 Å². The highest BCUT2D eigenvalue weighted by Gasteiger charge is 2.11. The molecule has 0 spiro atoms. The molecule has 0 saturated heterocycles. The number of allylic oxidation sites excluding steroid dienone is 3. The zero-order valence-electron chi connectivity index (χ0n) is 23.6. The normalized spacial score (nSPS) is 11.3. The van der Waals surface area contributed by atoms with Crippen molar-refractivity contribution in [3.8, 4) is 55.6 Å². The molecule has 0 unspecified atom stereocenters. The SMILES string of the molecule is C=C/C(=C\CC)c1cc(-c2cccnc2)cc(-c2cccc(-c3cc(-c4cccnc4)cc(-c4cccnc4)c3)c2)c1. The number of hydrogen-bond acceptors (Lipinski definition) is 3. The first kappa shape index (κ1) is 26.8. The lowest BCUT2D eigenvalue weighted by Crippen LogP contribution is -1.90. The predicted molar refractivity (Wildman–Crippen MR) is 175 cm³/mol. The maximum absolute atomic E-state index is 4.37. The molecule has 3 heteroatoms. The van der Waals surface area contributed by atoms with E-state index in [9.17, 15) is 0 Å². The molecule has 0 aliphatic rings. The van der Waals surface area contributed by atoms with E-state index in [-0.39, 0.29) is 0 Å². The maximum atomic E-state index is 4.37. The lowest BCUT2D eigenvalue weighted by molar-refractivity contribution is 1.23. The Bertz CT molecular complexity index is 1800. The third-order valence-corrected chi connectivity index (χ3v) is 7.36. The van der Waals surface area contributed by atoms with E-state index >= 15 is 0 Å². The van der Waals surface area contributed by atoms with Crippen LogP contribution in [0.25, 0.3) is 61.2 Å². The molecule has 3 nitrogen and oxygen atoms in total. The molecule has 6 rings (SSSR count). The topological polar surface area (TPSA) is 38.7 Å². The summed E-state index contributed by atoms with van der Waals surface area (Å²) in [5.74, 6) is 0. The third kappa shape index (κ3) is 5.86. The second-order valence-corrected chi connectivity index (χ2v) is 10.2. The van der Waals surface area contributed by atoms with Gasteiger partial charge >= 0.3 is 0 Å². The molecule has 3 aromatic carbocycles. The highest BCUT2D eigenvalue weighted by molar-refractivity contribution is 5.85.